The van der Waals surface area contributed by atoms with Gasteiger partial charge in [-0.3, -0.25) is 0 Å². The van der Waals surface area contributed by atoms with Crippen molar-refractivity contribution in [3.05, 3.63) is 30.6 Å². The molecule has 2 amide bonds. The number of ether oxygens (including phenoxy) is 1. The summed E-state index contributed by atoms with van der Waals surface area (Å²) in [6.45, 7) is 8.28. The van der Waals surface area contributed by atoms with E-state index in [4.69, 9.17) is 9.72 Å². The molecule has 2 N–H and O–H groups in total. The first-order valence-electron chi connectivity index (χ1n) is 9.90. The number of morpholine rings is 1. The topological polar surface area (TPSA) is 97.2 Å². The van der Waals surface area contributed by atoms with Crippen LogP contribution in [0.25, 0.3) is 22.6 Å². The van der Waals surface area contributed by atoms with Crippen LogP contribution in [0.5, 0.6) is 0 Å². The lowest BCUT2D eigenvalue weighted by molar-refractivity contribution is 0.122. The molecule has 4 rings (SSSR count). The third-order valence-electron chi connectivity index (χ3n) is 4.84. The molecule has 1 aliphatic rings. The highest BCUT2D eigenvalue weighted by Gasteiger charge is 2.21. The summed E-state index contributed by atoms with van der Waals surface area (Å²) in [6, 6.07) is 7.28. The van der Waals surface area contributed by atoms with Crippen LogP contribution in [0.1, 0.15) is 13.8 Å². The molecule has 1 fully saturated rings. The molecular weight excluding hydrogens is 370 g/mol. The second-order valence-corrected chi connectivity index (χ2v) is 6.73. The van der Waals surface area contributed by atoms with Crippen molar-refractivity contribution in [1.82, 2.24) is 24.8 Å². The van der Waals surface area contributed by atoms with Crippen LogP contribution in [-0.4, -0.2) is 58.4 Å². The van der Waals surface area contributed by atoms with Gasteiger partial charge in [-0.05, 0) is 38.1 Å². The van der Waals surface area contributed by atoms with Crippen LogP contribution in [0.2, 0.25) is 0 Å². The molecule has 1 saturated heterocycles. The Morgan fingerprint density at radius 1 is 1.14 bits per heavy atom. The van der Waals surface area contributed by atoms with Gasteiger partial charge in [0.15, 0.2) is 17.3 Å². The summed E-state index contributed by atoms with van der Waals surface area (Å²) in [5, 5.41) is 5.51. The molecular formula is C20H25N7O2. The van der Waals surface area contributed by atoms with Crippen molar-refractivity contribution in [3.63, 3.8) is 0 Å². The van der Waals surface area contributed by atoms with E-state index in [1.54, 1.807) is 0 Å². The predicted molar refractivity (Wildman–Crippen MR) is 112 cm³/mol. The second-order valence-electron chi connectivity index (χ2n) is 6.73. The number of benzene rings is 1. The van der Waals surface area contributed by atoms with Gasteiger partial charge in [-0.15, -0.1) is 0 Å². The number of nitrogens with one attached hydrogen (secondary N) is 2. The van der Waals surface area contributed by atoms with Crippen LogP contribution in [0.15, 0.2) is 30.6 Å². The number of urea groups is 1. The number of anilines is 2. The molecule has 0 unspecified atom stereocenters. The van der Waals surface area contributed by atoms with Crippen molar-refractivity contribution in [2.75, 3.05) is 43.1 Å². The van der Waals surface area contributed by atoms with Crippen LogP contribution in [0.4, 0.5) is 16.3 Å². The lowest BCUT2D eigenvalue weighted by atomic mass is 10.2. The van der Waals surface area contributed by atoms with E-state index in [9.17, 15) is 4.79 Å². The van der Waals surface area contributed by atoms with Crippen LogP contribution in [0.3, 0.4) is 0 Å². The first kappa shape index (κ1) is 19.1. The SMILES string of the molecule is CCNC(=O)Nc1ccc(-c2nc(N3CCOCC3)c3c(ncn3CC)n2)cc1. The van der Waals surface area contributed by atoms with Crippen LogP contribution < -0.4 is 15.5 Å². The Morgan fingerprint density at radius 2 is 1.90 bits per heavy atom. The van der Waals surface area contributed by atoms with Gasteiger partial charge in [0.05, 0.1) is 19.5 Å². The Kier molecular flexibility index (Phi) is 5.57. The van der Waals surface area contributed by atoms with Crippen molar-refractivity contribution in [2.24, 2.45) is 0 Å². The Hall–Kier alpha value is -3.20. The fraction of sp³-hybridized carbons (Fsp3) is 0.400. The Balaban J connectivity index is 1.69. The minimum atomic E-state index is -0.224. The van der Waals surface area contributed by atoms with E-state index in [0.29, 0.717) is 36.9 Å². The smallest absolute Gasteiger partial charge is 0.319 e. The first-order valence-corrected chi connectivity index (χ1v) is 9.90. The van der Waals surface area contributed by atoms with E-state index < -0.39 is 0 Å². The summed E-state index contributed by atoms with van der Waals surface area (Å²) in [7, 11) is 0. The number of carbonyl (C=O) groups excluding carboxylic acids is 1. The van der Waals surface area contributed by atoms with Gasteiger partial charge in [-0.1, -0.05) is 0 Å². The predicted octanol–water partition coefficient (Wildman–Crippen LogP) is 2.49. The second kappa shape index (κ2) is 8.44. The number of imidazole rings is 1. The first-order chi connectivity index (χ1) is 14.2. The lowest BCUT2D eigenvalue weighted by Gasteiger charge is -2.28. The summed E-state index contributed by atoms with van der Waals surface area (Å²) >= 11 is 0. The van der Waals surface area contributed by atoms with Crippen LogP contribution >= 0.6 is 0 Å². The molecule has 3 heterocycles. The normalized spacial score (nSPS) is 14.2. The van der Waals surface area contributed by atoms with Crippen molar-refractivity contribution in [1.29, 1.82) is 0 Å². The van der Waals surface area contributed by atoms with Crippen LogP contribution in [-0.2, 0) is 11.3 Å². The highest BCUT2D eigenvalue weighted by atomic mass is 16.5. The Morgan fingerprint density at radius 3 is 2.59 bits per heavy atom. The zero-order chi connectivity index (χ0) is 20.2. The molecule has 0 atom stereocenters. The zero-order valence-corrected chi connectivity index (χ0v) is 16.7. The maximum atomic E-state index is 11.7. The summed E-state index contributed by atoms with van der Waals surface area (Å²) in [5.74, 6) is 1.50. The highest BCUT2D eigenvalue weighted by molar-refractivity contribution is 5.90. The van der Waals surface area contributed by atoms with Crippen molar-refractivity contribution >= 4 is 28.7 Å². The summed E-state index contributed by atoms with van der Waals surface area (Å²) in [4.78, 5) is 28.0. The number of rotatable bonds is 5. The fourth-order valence-corrected chi connectivity index (χ4v) is 3.36. The van der Waals surface area contributed by atoms with Gasteiger partial charge in [-0.25, -0.2) is 19.7 Å². The van der Waals surface area contributed by atoms with Gasteiger partial charge in [0.2, 0.25) is 0 Å². The number of hydrogen-bond donors (Lipinski definition) is 2. The van der Waals surface area contributed by atoms with Gasteiger partial charge in [0.25, 0.3) is 0 Å². The minimum absolute atomic E-state index is 0.224. The third kappa shape index (κ3) is 4.00. The summed E-state index contributed by atoms with van der Waals surface area (Å²) in [5.41, 5.74) is 3.22. The molecule has 0 aliphatic carbocycles. The van der Waals surface area contributed by atoms with Gasteiger partial charge in [0.1, 0.15) is 5.52 Å². The molecule has 9 heteroatoms. The third-order valence-corrected chi connectivity index (χ3v) is 4.84. The van der Waals surface area contributed by atoms with Gasteiger partial charge in [0, 0.05) is 37.4 Å². The van der Waals surface area contributed by atoms with Crippen molar-refractivity contribution in [3.8, 4) is 11.4 Å². The molecule has 0 radical (unpaired) electrons. The quantitative estimate of drug-likeness (QED) is 0.689. The fourth-order valence-electron chi connectivity index (χ4n) is 3.36. The number of aromatic nitrogens is 4. The lowest BCUT2D eigenvalue weighted by Crippen LogP contribution is -2.37. The zero-order valence-electron chi connectivity index (χ0n) is 16.7. The monoisotopic (exact) mass is 395 g/mol. The Labute approximate surface area is 169 Å². The van der Waals surface area contributed by atoms with E-state index >= 15 is 0 Å². The molecule has 0 spiro atoms. The highest BCUT2D eigenvalue weighted by Crippen LogP contribution is 2.28. The molecule has 1 aliphatic heterocycles. The van der Waals surface area contributed by atoms with E-state index in [2.05, 4.69) is 37.0 Å². The molecule has 1 aromatic carbocycles. The van der Waals surface area contributed by atoms with Gasteiger partial charge < -0.3 is 24.8 Å². The molecule has 0 saturated carbocycles. The van der Waals surface area contributed by atoms with Crippen molar-refractivity contribution in [2.45, 2.75) is 20.4 Å². The largest absolute Gasteiger partial charge is 0.378 e. The number of amides is 2. The van der Waals surface area contributed by atoms with Crippen LogP contribution in [0, 0.1) is 0 Å². The number of carbonyl (C=O) groups is 1. The average molecular weight is 395 g/mol. The van der Waals surface area contributed by atoms with Gasteiger partial charge >= 0.3 is 6.03 Å². The van der Waals surface area contributed by atoms with Crippen molar-refractivity contribution < 1.29 is 9.53 Å². The average Bonchev–Trinajstić information content (AvgIpc) is 3.17. The molecule has 29 heavy (non-hydrogen) atoms. The minimum Gasteiger partial charge on any atom is -0.378 e. The summed E-state index contributed by atoms with van der Waals surface area (Å²) < 4.78 is 7.57. The van der Waals surface area contributed by atoms with E-state index in [0.717, 1.165) is 36.5 Å². The van der Waals surface area contributed by atoms with E-state index in [1.807, 2.05) is 37.5 Å². The Bertz CT molecular complexity index is 994. The molecule has 0 bridgehead atoms. The molecule has 3 aromatic rings. The number of fused-ring (bicyclic) bond motifs is 1. The molecule has 9 nitrogen and oxygen atoms in total. The number of nitrogens with zero attached hydrogens (tertiary/aromatic N) is 5. The van der Waals surface area contributed by atoms with Gasteiger partial charge in [-0.2, -0.15) is 0 Å². The van der Waals surface area contributed by atoms with E-state index in [-0.39, 0.29) is 6.03 Å². The maximum Gasteiger partial charge on any atom is 0.319 e. The maximum absolute atomic E-state index is 11.7. The molecule has 152 valence electrons. The summed E-state index contributed by atoms with van der Waals surface area (Å²) in [6.07, 6.45) is 1.81. The molecule has 2 aromatic heterocycles. The number of aryl methyl sites for hydroxylation is 1. The standard InChI is InChI=1S/C20H25N7O2/c1-3-21-20(28)23-15-7-5-14(6-8-15)17-24-18-16(26(4-2)13-22-18)19(25-17)27-9-11-29-12-10-27/h5-8,13H,3-4,9-12H2,1-2H3,(H2,21,23,28). The number of hydrogen-bond acceptors (Lipinski definition) is 6. The van der Waals surface area contributed by atoms with E-state index in [1.165, 1.54) is 0 Å².